The van der Waals surface area contributed by atoms with Gasteiger partial charge < -0.3 is 20.2 Å². The highest BCUT2D eigenvalue weighted by Gasteiger charge is 2.41. The van der Waals surface area contributed by atoms with E-state index >= 15 is 0 Å². The fourth-order valence-corrected chi connectivity index (χ4v) is 5.80. The van der Waals surface area contributed by atoms with Crippen LogP contribution in [-0.2, 0) is 10.4 Å². The van der Waals surface area contributed by atoms with Gasteiger partial charge in [0.2, 0.25) is 0 Å². The number of benzene rings is 3. The van der Waals surface area contributed by atoms with Gasteiger partial charge in [0, 0.05) is 0 Å². The Hall–Kier alpha value is -2.99. The zero-order valence-electron chi connectivity index (χ0n) is 21.9. The number of rotatable bonds is 10. The Kier molecular flexibility index (Phi) is 8.80. The van der Waals surface area contributed by atoms with Crippen molar-refractivity contribution in [2.75, 3.05) is 19.6 Å². The molecule has 3 aromatic carbocycles. The summed E-state index contributed by atoms with van der Waals surface area (Å²) < 4.78 is 0. The summed E-state index contributed by atoms with van der Waals surface area (Å²) in [5, 5.41) is 32.1. The van der Waals surface area contributed by atoms with Crippen molar-refractivity contribution in [3.05, 3.63) is 107 Å². The van der Waals surface area contributed by atoms with Gasteiger partial charge >= 0.3 is 5.97 Å². The molecule has 3 N–H and O–H groups in total. The van der Waals surface area contributed by atoms with Gasteiger partial charge in [-0.25, -0.2) is 0 Å². The number of carboxylic acid groups (broad SMARTS) is 1. The van der Waals surface area contributed by atoms with Gasteiger partial charge in [-0.3, -0.25) is 4.79 Å². The highest BCUT2D eigenvalue weighted by Crippen LogP contribution is 2.42. The molecule has 3 aromatic rings. The Bertz CT molecular complexity index is 1120. The van der Waals surface area contributed by atoms with Crippen molar-refractivity contribution in [3.63, 3.8) is 0 Å². The largest absolute Gasteiger partial charge is 0.481 e. The smallest absolute Gasteiger partial charge is 0.310 e. The summed E-state index contributed by atoms with van der Waals surface area (Å²) in [6, 6.07) is 25.6. The first-order chi connectivity index (χ1) is 17.8. The fourth-order valence-electron chi connectivity index (χ4n) is 5.80. The highest BCUT2D eigenvalue weighted by atomic mass is 16.4. The fraction of sp³-hybridized carbons (Fsp3) is 0.406. The van der Waals surface area contributed by atoms with Gasteiger partial charge in [0.1, 0.15) is 5.60 Å². The van der Waals surface area contributed by atoms with Gasteiger partial charge in [-0.15, -0.1) is 0 Å². The summed E-state index contributed by atoms with van der Waals surface area (Å²) in [6.45, 7) is 6.34. The number of nitrogens with zero attached hydrogens (tertiary/aromatic N) is 1. The van der Waals surface area contributed by atoms with Crippen molar-refractivity contribution < 1.29 is 20.1 Å². The molecule has 0 spiro atoms. The summed E-state index contributed by atoms with van der Waals surface area (Å²) in [5.74, 6) is -1.27. The number of aliphatic carboxylic acids is 1. The van der Waals surface area contributed by atoms with Crippen LogP contribution in [0.5, 0.6) is 0 Å². The summed E-state index contributed by atoms with van der Waals surface area (Å²) in [5.41, 5.74) is 3.42. The second kappa shape index (κ2) is 12.0. The van der Waals surface area contributed by atoms with Crippen molar-refractivity contribution in [1.29, 1.82) is 0 Å². The Labute approximate surface area is 220 Å². The van der Waals surface area contributed by atoms with Crippen LogP contribution in [0.2, 0.25) is 0 Å². The second-order valence-corrected chi connectivity index (χ2v) is 10.4. The van der Waals surface area contributed by atoms with E-state index in [-0.39, 0.29) is 5.92 Å². The van der Waals surface area contributed by atoms with Crippen LogP contribution < -0.4 is 0 Å². The number of likely N-dealkylation sites (tertiary alicyclic amines) is 1. The molecule has 1 heterocycles. The molecule has 1 saturated heterocycles. The number of carbonyl (C=O) groups is 1. The van der Waals surface area contributed by atoms with Gasteiger partial charge in [0.05, 0.1) is 12.0 Å². The maximum Gasteiger partial charge on any atom is 0.310 e. The molecule has 1 aliphatic heterocycles. The number of aliphatic hydroxyl groups is 2. The standard InChI is InChI=1S/C32H39NO4/c1-23-22-25(15-16-29(23)24(2)31(35)36)30(34)14-9-19-33-20-17-28(18-21-33)32(37,26-10-5-3-6-11-26)27-12-7-4-8-13-27/h3-8,10-13,15-16,22,24,28,30,34,37H,9,14,17-21H2,1-2H3,(H,35,36)/t24?,30-/m1/s1. The molecular weight excluding hydrogens is 462 g/mol. The summed E-state index contributed by atoms with van der Waals surface area (Å²) in [4.78, 5) is 13.7. The zero-order valence-corrected chi connectivity index (χ0v) is 21.9. The van der Waals surface area contributed by atoms with E-state index in [1.54, 1.807) is 6.92 Å². The minimum atomic E-state index is -1.01. The Morgan fingerprint density at radius 2 is 1.54 bits per heavy atom. The van der Waals surface area contributed by atoms with Crippen molar-refractivity contribution in [2.24, 2.45) is 5.92 Å². The molecule has 1 fully saturated rings. The third-order valence-corrected chi connectivity index (χ3v) is 8.07. The maximum absolute atomic E-state index is 12.1. The minimum absolute atomic E-state index is 0.133. The predicted molar refractivity (Wildman–Crippen MR) is 146 cm³/mol. The molecule has 2 atom stereocenters. The van der Waals surface area contributed by atoms with Crippen molar-refractivity contribution in [3.8, 4) is 0 Å². The number of aliphatic hydroxyl groups excluding tert-OH is 1. The first-order valence-electron chi connectivity index (χ1n) is 13.4. The average Bonchev–Trinajstić information content (AvgIpc) is 2.93. The van der Waals surface area contributed by atoms with Crippen molar-refractivity contribution in [1.82, 2.24) is 4.90 Å². The van der Waals surface area contributed by atoms with E-state index < -0.39 is 23.6 Å². The van der Waals surface area contributed by atoms with E-state index in [4.69, 9.17) is 0 Å². The normalized spacial score (nSPS) is 16.9. The molecular formula is C32H39NO4. The highest BCUT2D eigenvalue weighted by molar-refractivity contribution is 5.76. The molecule has 0 radical (unpaired) electrons. The van der Waals surface area contributed by atoms with Gasteiger partial charge in [-0.1, -0.05) is 78.9 Å². The molecule has 196 valence electrons. The summed E-state index contributed by atoms with van der Waals surface area (Å²) in [7, 11) is 0. The van der Waals surface area contributed by atoms with Crippen LogP contribution in [0.15, 0.2) is 78.9 Å². The van der Waals surface area contributed by atoms with Gasteiger partial charge in [0.15, 0.2) is 0 Å². The summed E-state index contributed by atoms with van der Waals surface area (Å²) >= 11 is 0. The van der Waals surface area contributed by atoms with E-state index in [0.29, 0.717) is 6.42 Å². The number of piperidine rings is 1. The molecule has 4 rings (SSSR count). The summed E-state index contributed by atoms with van der Waals surface area (Å²) in [6.07, 6.45) is 2.79. The number of hydrogen-bond acceptors (Lipinski definition) is 4. The van der Waals surface area contributed by atoms with Gasteiger partial charge in [-0.2, -0.15) is 0 Å². The lowest BCUT2D eigenvalue weighted by Gasteiger charge is -2.42. The Morgan fingerprint density at radius 1 is 0.973 bits per heavy atom. The van der Waals surface area contributed by atoms with Crippen LogP contribution in [0.3, 0.4) is 0 Å². The molecule has 0 aromatic heterocycles. The second-order valence-electron chi connectivity index (χ2n) is 10.4. The van der Waals surface area contributed by atoms with E-state index in [2.05, 4.69) is 4.90 Å². The van der Waals surface area contributed by atoms with Gasteiger partial charge in [-0.05, 0) is 92.9 Å². The van der Waals surface area contributed by atoms with Crippen LogP contribution in [-0.4, -0.2) is 45.8 Å². The SMILES string of the molecule is Cc1cc([C@H](O)CCCN2CCC(C(O)(c3ccccc3)c3ccccc3)CC2)ccc1C(C)C(=O)O. The Morgan fingerprint density at radius 3 is 2.05 bits per heavy atom. The zero-order chi connectivity index (χ0) is 26.4. The van der Waals surface area contributed by atoms with Crippen LogP contribution >= 0.6 is 0 Å². The minimum Gasteiger partial charge on any atom is -0.481 e. The number of carboxylic acids is 1. The lowest BCUT2D eigenvalue weighted by molar-refractivity contribution is -0.138. The van der Waals surface area contributed by atoms with E-state index in [1.807, 2.05) is 85.8 Å². The lowest BCUT2D eigenvalue weighted by Crippen LogP contribution is -2.44. The number of aryl methyl sites for hydroxylation is 1. The molecule has 5 heteroatoms. The quantitative estimate of drug-likeness (QED) is 0.335. The first-order valence-corrected chi connectivity index (χ1v) is 13.4. The van der Waals surface area contributed by atoms with Crippen LogP contribution in [0.4, 0.5) is 0 Å². The third-order valence-electron chi connectivity index (χ3n) is 8.07. The monoisotopic (exact) mass is 501 g/mol. The maximum atomic E-state index is 12.1. The lowest BCUT2D eigenvalue weighted by atomic mass is 9.72. The average molecular weight is 502 g/mol. The van der Waals surface area contributed by atoms with Crippen molar-refractivity contribution >= 4 is 5.97 Å². The van der Waals surface area contributed by atoms with E-state index in [0.717, 1.165) is 66.7 Å². The van der Waals surface area contributed by atoms with Crippen LogP contribution in [0.1, 0.15) is 72.4 Å². The molecule has 0 saturated carbocycles. The number of hydrogen-bond donors (Lipinski definition) is 3. The molecule has 37 heavy (non-hydrogen) atoms. The molecule has 1 unspecified atom stereocenters. The molecule has 0 aliphatic carbocycles. The van der Waals surface area contributed by atoms with Crippen molar-refractivity contribution in [2.45, 2.75) is 57.2 Å². The van der Waals surface area contributed by atoms with E-state index in [1.165, 1.54) is 0 Å². The topological polar surface area (TPSA) is 81.0 Å². The van der Waals surface area contributed by atoms with Crippen LogP contribution in [0.25, 0.3) is 0 Å². The van der Waals surface area contributed by atoms with Crippen LogP contribution in [0, 0.1) is 12.8 Å². The van der Waals surface area contributed by atoms with Gasteiger partial charge in [0.25, 0.3) is 0 Å². The first kappa shape index (κ1) is 27.1. The van der Waals surface area contributed by atoms with E-state index in [9.17, 15) is 20.1 Å². The molecule has 5 nitrogen and oxygen atoms in total. The molecule has 0 bridgehead atoms. The molecule has 1 aliphatic rings. The molecule has 0 amide bonds. The predicted octanol–water partition coefficient (Wildman–Crippen LogP) is 5.64. The Balaban J connectivity index is 1.32. The third kappa shape index (κ3) is 6.12.